The molecule has 3 unspecified atom stereocenters. The molecule has 3 atom stereocenters. The number of phenols is 1. The van der Waals surface area contributed by atoms with Gasteiger partial charge in [-0.25, -0.2) is 4.79 Å². The highest BCUT2D eigenvalue weighted by Crippen LogP contribution is 2.37. The lowest BCUT2D eigenvalue weighted by Gasteiger charge is -2.42. The van der Waals surface area contributed by atoms with Gasteiger partial charge in [0.15, 0.2) is 11.8 Å². The number of hydrogen-bond donors (Lipinski definition) is 6. The van der Waals surface area contributed by atoms with Crippen LogP contribution in [0.3, 0.4) is 0 Å². The number of carboxylic acid groups (broad SMARTS) is 2. The number of nitrogens with two attached hydrogens (primary N) is 1. The third kappa shape index (κ3) is 6.41. The molecule has 0 aromatic heterocycles. The van der Waals surface area contributed by atoms with E-state index in [0.29, 0.717) is 5.75 Å². The smallest absolute Gasteiger partial charge is 0.331 e. The number of carboxylic acids is 2. The summed E-state index contributed by atoms with van der Waals surface area (Å²) in [5, 5.41) is 43.2. The summed E-state index contributed by atoms with van der Waals surface area (Å²) in [6, 6.07) is 5.08. The molecule has 13 nitrogen and oxygen atoms in total. The number of benzene rings is 2. The Balaban J connectivity index is 1.62. The van der Waals surface area contributed by atoms with Gasteiger partial charge in [-0.2, -0.15) is 0 Å². The minimum absolute atomic E-state index is 0.0456. The molecular weight excluding hydrogens is 636 g/mol. The van der Waals surface area contributed by atoms with Crippen LogP contribution in [-0.4, -0.2) is 80.1 Å². The molecule has 7 N–H and O–H groups in total. The van der Waals surface area contributed by atoms with Crippen molar-refractivity contribution in [3.05, 3.63) is 56.5 Å². The fourth-order valence-electron chi connectivity index (χ4n) is 3.59. The van der Waals surface area contributed by atoms with Crippen molar-refractivity contribution >= 4 is 61.3 Å². The molecular formula is C23H22Br2N4O9. The fraction of sp³-hybridized carbons (Fsp3) is 0.261. The highest BCUT2D eigenvalue weighted by molar-refractivity contribution is 9.11. The largest absolute Gasteiger partial charge is 0.506 e. The van der Waals surface area contributed by atoms with Crippen molar-refractivity contribution < 1.29 is 44.4 Å². The molecule has 0 radical (unpaired) electrons. The van der Waals surface area contributed by atoms with Crippen LogP contribution >= 0.6 is 31.9 Å². The topological polar surface area (TPSA) is 212 Å². The van der Waals surface area contributed by atoms with Crippen LogP contribution in [0, 0.1) is 0 Å². The maximum Gasteiger partial charge on any atom is 0.331 e. The van der Waals surface area contributed by atoms with Crippen LogP contribution in [0.2, 0.25) is 0 Å². The quantitative estimate of drug-likeness (QED) is 0.0885. The van der Waals surface area contributed by atoms with Crippen molar-refractivity contribution in [3.63, 3.8) is 0 Å². The molecule has 1 aliphatic rings. The lowest BCUT2D eigenvalue weighted by Crippen LogP contribution is -2.66. The Morgan fingerprint density at radius 2 is 1.74 bits per heavy atom. The average Bonchev–Trinajstić information content (AvgIpc) is 2.87. The molecule has 1 saturated heterocycles. The normalized spacial score (nSPS) is 16.8. The summed E-state index contributed by atoms with van der Waals surface area (Å²) in [4.78, 5) is 49.2. The number of carbonyl (C=O) groups excluding carboxylic acids is 2. The van der Waals surface area contributed by atoms with Crippen LogP contribution in [0.5, 0.6) is 11.5 Å². The number of amides is 2. The molecule has 0 aliphatic carbocycles. The van der Waals surface area contributed by atoms with Gasteiger partial charge < -0.3 is 41.2 Å². The van der Waals surface area contributed by atoms with E-state index in [2.05, 4.69) is 42.3 Å². The van der Waals surface area contributed by atoms with Crippen molar-refractivity contribution in [2.45, 2.75) is 24.5 Å². The number of likely N-dealkylation sites (tertiary alicyclic amines) is 1. The van der Waals surface area contributed by atoms with E-state index in [4.69, 9.17) is 15.6 Å². The first kappa shape index (κ1) is 28.9. The maximum atomic E-state index is 12.7. The number of hydrogen-bond acceptors (Lipinski definition) is 9. The van der Waals surface area contributed by atoms with E-state index in [1.165, 1.54) is 36.4 Å². The van der Waals surface area contributed by atoms with E-state index in [-0.39, 0.29) is 45.4 Å². The molecule has 3 rings (SSSR count). The zero-order valence-electron chi connectivity index (χ0n) is 19.4. The molecule has 0 spiro atoms. The van der Waals surface area contributed by atoms with Crippen LogP contribution in [-0.2, 0) is 19.2 Å². The Hall–Kier alpha value is -3.69. The summed E-state index contributed by atoms with van der Waals surface area (Å²) in [5.41, 5.74) is 5.44. The van der Waals surface area contributed by atoms with Gasteiger partial charge in [0.2, 0.25) is 5.91 Å². The number of aliphatic carboxylic acids is 2. The number of phenolic OH excluding ortho intramolecular Hbond substituents is 1. The summed E-state index contributed by atoms with van der Waals surface area (Å²) < 4.78 is 5.87. The number of nitrogens with one attached hydrogen (secondary N) is 1. The molecule has 1 aliphatic heterocycles. The Bertz CT molecular complexity index is 1260. The van der Waals surface area contributed by atoms with E-state index in [1.807, 2.05) is 0 Å². The summed E-state index contributed by atoms with van der Waals surface area (Å²) >= 11 is 6.26. The van der Waals surface area contributed by atoms with Gasteiger partial charge in [0, 0.05) is 12.0 Å². The first-order valence-corrected chi connectivity index (χ1v) is 12.5. The number of aromatic hydroxyl groups is 1. The standard InChI is InChI=1S/C23H22Br2N4O9/c24-13-7-11(8-14(25)19(13)30)18(23(35)36)29-9-16(21(29)32)27-20(31)17(28-37)10-1-3-12(4-2-10)38-6-5-15(26)22(33)34/h1-4,7-8,15-16,18,30,37H,5-6,9,26H2,(H,27,31)(H,33,34)(H,35,36). The maximum absolute atomic E-state index is 12.7. The zero-order chi connectivity index (χ0) is 28.1. The number of ether oxygens (including phenoxy) is 1. The average molecular weight is 658 g/mol. The second kappa shape index (κ2) is 12.2. The van der Waals surface area contributed by atoms with Gasteiger partial charge in [-0.1, -0.05) is 5.16 Å². The highest BCUT2D eigenvalue weighted by Gasteiger charge is 2.45. The van der Waals surface area contributed by atoms with E-state index in [1.54, 1.807) is 0 Å². The summed E-state index contributed by atoms with van der Waals surface area (Å²) in [6.45, 7) is -0.0778. The van der Waals surface area contributed by atoms with Gasteiger partial charge in [0.25, 0.3) is 5.91 Å². The number of oxime groups is 1. The Morgan fingerprint density at radius 1 is 1.13 bits per heavy atom. The third-order valence-electron chi connectivity index (χ3n) is 5.62. The number of halogens is 2. The van der Waals surface area contributed by atoms with Gasteiger partial charge in [-0.15, -0.1) is 0 Å². The van der Waals surface area contributed by atoms with Gasteiger partial charge >= 0.3 is 11.9 Å². The minimum atomic E-state index is -1.37. The lowest BCUT2D eigenvalue weighted by molar-refractivity contribution is -0.160. The molecule has 2 aromatic carbocycles. The second-order valence-electron chi connectivity index (χ2n) is 8.15. The molecule has 15 heteroatoms. The molecule has 38 heavy (non-hydrogen) atoms. The predicted octanol–water partition coefficient (Wildman–Crippen LogP) is 1.43. The Kier molecular flexibility index (Phi) is 9.30. The van der Waals surface area contributed by atoms with Gasteiger partial charge in [0.05, 0.1) is 22.1 Å². The molecule has 2 amide bonds. The molecule has 1 heterocycles. The number of carbonyl (C=O) groups is 4. The molecule has 0 bridgehead atoms. The third-order valence-corrected chi connectivity index (χ3v) is 6.83. The lowest BCUT2D eigenvalue weighted by atomic mass is 9.97. The van der Waals surface area contributed by atoms with Gasteiger partial charge in [0.1, 0.15) is 23.6 Å². The highest BCUT2D eigenvalue weighted by atomic mass is 79.9. The zero-order valence-corrected chi connectivity index (χ0v) is 22.5. The van der Waals surface area contributed by atoms with Crippen LogP contribution < -0.4 is 15.8 Å². The molecule has 2 aromatic rings. The van der Waals surface area contributed by atoms with Crippen molar-refractivity contribution in [3.8, 4) is 11.5 Å². The molecule has 1 fully saturated rings. The van der Waals surface area contributed by atoms with E-state index >= 15 is 0 Å². The van der Waals surface area contributed by atoms with Crippen molar-refractivity contribution in [1.82, 2.24) is 10.2 Å². The van der Waals surface area contributed by atoms with Crippen molar-refractivity contribution in [2.75, 3.05) is 13.2 Å². The van der Waals surface area contributed by atoms with Gasteiger partial charge in [-0.3, -0.25) is 14.4 Å². The minimum Gasteiger partial charge on any atom is -0.506 e. The van der Waals surface area contributed by atoms with Crippen LogP contribution in [0.4, 0.5) is 0 Å². The Labute approximate surface area is 232 Å². The van der Waals surface area contributed by atoms with Crippen molar-refractivity contribution in [1.29, 1.82) is 0 Å². The predicted molar refractivity (Wildman–Crippen MR) is 138 cm³/mol. The Morgan fingerprint density at radius 3 is 2.24 bits per heavy atom. The van der Waals surface area contributed by atoms with E-state index in [0.717, 1.165) is 4.90 Å². The van der Waals surface area contributed by atoms with E-state index < -0.39 is 47.6 Å². The number of nitrogens with zero attached hydrogens (tertiary/aromatic N) is 2. The number of β-lactam (4-membered cyclic amide) rings is 1. The van der Waals surface area contributed by atoms with Crippen LogP contribution in [0.15, 0.2) is 50.5 Å². The van der Waals surface area contributed by atoms with Crippen LogP contribution in [0.1, 0.15) is 23.6 Å². The monoisotopic (exact) mass is 656 g/mol. The molecule has 202 valence electrons. The van der Waals surface area contributed by atoms with Crippen LogP contribution in [0.25, 0.3) is 0 Å². The number of rotatable bonds is 11. The van der Waals surface area contributed by atoms with Gasteiger partial charge in [-0.05, 0) is 73.8 Å². The summed E-state index contributed by atoms with van der Waals surface area (Å²) in [6.07, 6.45) is 0.0826. The summed E-state index contributed by atoms with van der Waals surface area (Å²) in [7, 11) is 0. The first-order chi connectivity index (χ1) is 17.9. The van der Waals surface area contributed by atoms with E-state index in [9.17, 15) is 34.6 Å². The summed E-state index contributed by atoms with van der Waals surface area (Å²) in [5.74, 6) is -3.75. The second-order valence-corrected chi connectivity index (χ2v) is 9.85. The van der Waals surface area contributed by atoms with Crippen molar-refractivity contribution in [2.24, 2.45) is 10.9 Å². The molecule has 0 saturated carbocycles. The first-order valence-electron chi connectivity index (χ1n) is 10.9. The SMILES string of the molecule is NC(CCOc1ccc(C(=NO)C(=O)NC2CN(C(C(=O)O)c3cc(Br)c(O)c(Br)c3)C2=O)cc1)C(=O)O. The fourth-order valence-corrected chi connectivity index (χ4v) is 4.81.